The first-order chi connectivity index (χ1) is 11.3. The van der Waals surface area contributed by atoms with E-state index in [2.05, 4.69) is 46.0 Å². The van der Waals surface area contributed by atoms with E-state index < -0.39 is 0 Å². The van der Waals surface area contributed by atoms with Crippen LogP contribution < -0.4 is 0 Å². The third-order valence-electron chi connectivity index (χ3n) is 3.92. The van der Waals surface area contributed by atoms with Crippen LogP contribution in [0.25, 0.3) is 0 Å². The van der Waals surface area contributed by atoms with Crippen molar-refractivity contribution in [2.24, 2.45) is 0 Å². The number of nitriles is 1. The zero-order valence-corrected chi connectivity index (χ0v) is 13.0. The molecule has 0 aliphatic rings. The molecule has 2 aromatic carbocycles. The van der Waals surface area contributed by atoms with Gasteiger partial charge in [0.1, 0.15) is 5.82 Å². The Balaban J connectivity index is 1.62. The minimum atomic E-state index is 0.702. The average Bonchev–Trinajstić information content (AvgIpc) is 3.03. The Labute approximate surface area is 136 Å². The zero-order valence-electron chi connectivity index (χ0n) is 13.0. The van der Waals surface area contributed by atoms with Crippen LogP contribution in [0.1, 0.15) is 28.9 Å². The summed E-state index contributed by atoms with van der Waals surface area (Å²) in [6.07, 6.45) is 6.97. The van der Waals surface area contributed by atoms with Crippen molar-refractivity contribution in [3.63, 3.8) is 0 Å². The maximum Gasteiger partial charge on any atom is 0.108 e. The summed E-state index contributed by atoms with van der Waals surface area (Å²) in [5, 5.41) is 9.00. The van der Waals surface area contributed by atoms with E-state index in [0.29, 0.717) is 5.56 Å². The van der Waals surface area contributed by atoms with Crippen molar-refractivity contribution in [1.82, 2.24) is 9.55 Å². The summed E-state index contributed by atoms with van der Waals surface area (Å²) in [5.41, 5.74) is 3.20. The third-order valence-corrected chi connectivity index (χ3v) is 3.92. The van der Waals surface area contributed by atoms with Gasteiger partial charge >= 0.3 is 0 Å². The van der Waals surface area contributed by atoms with Gasteiger partial charge in [0.15, 0.2) is 0 Å². The van der Waals surface area contributed by atoms with E-state index in [1.807, 2.05) is 36.7 Å². The highest BCUT2D eigenvalue weighted by molar-refractivity contribution is 5.33. The van der Waals surface area contributed by atoms with Gasteiger partial charge in [0.05, 0.1) is 11.6 Å². The van der Waals surface area contributed by atoms with Gasteiger partial charge < -0.3 is 4.57 Å². The van der Waals surface area contributed by atoms with E-state index in [4.69, 9.17) is 5.26 Å². The van der Waals surface area contributed by atoms with Crippen LogP contribution in [0.3, 0.4) is 0 Å². The van der Waals surface area contributed by atoms with E-state index in [9.17, 15) is 0 Å². The quantitative estimate of drug-likeness (QED) is 0.691. The van der Waals surface area contributed by atoms with Crippen molar-refractivity contribution >= 4 is 0 Å². The van der Waals surface area contributed by atoms with Gasteiger partial charge in [-0.2, -0.15) is 5.26 Å². The van der Waals surface area contributed by atoms with Gasteiger partial charge in [-0.1, -0.05) is 42.5 Å². The molecule has 1 heterocycles. The smallest absolute Gasteiger partial charge is 0.108 e. The maximum atomic E-state index is 9.00. The number of imidazole rings is 1. The van der Waals surface area contributed by atoms with E-state index in [1.165, 1.54) is 5.56 Å². The van der Waals surface area contributed by atoms with Crippen LogP contribution in [0.15, 0.2) is 67.0 Å². The van der Waals surface area contributed by atoms with Crippen molar-refractivity contribution in [1.29, 1.82) is 5.26 Å². The SMILES string of the molecule is N#Cc1cccc(Cn2ccnc2CCCc2ccccc2)c1. The van der Waals surface area contributed by atoms with Crippen molar-refractivity contribution in [2.45, 2.75) is 25.8 Å². The van der Waals surface area contributed by atoms with Crippen LogP contribution in [-0.2, 0) is 19.4 Å². The van der Waals surface area contributed by atoms with Crippen LogP contribution in [0, 0.1) is 11.3 Å². The predicted octanol–water partition coefficient (Wildman–Crippen LogP) is 3.98. The Bertz CT molecular complexity index is 797. The number of hydrogen-bond acceptors (Lipinski definition) is 2. The van der Waals surface area contributed by atoms with E-state index >= 15 is 0 Å². The lowest BCUT2D eigenvalue weighted by molar-refractivity contribution is 0.685. The van der Waals surface area contributed by atoms with Crippen molar-refractivity contribution in [3.8, 4) is 6.07 Å². The fourth-order valence-corrected chi connectivity index (χ4v) is 2.74. The third kappa shape index (κ3) is 4.08. The Morgan fingerprint density at radius 1 is 0.957 bits per heavy atom. The molecule has 1 aromatic heterocycles. The van der Waals surface area contributed by atoms with Gasteiger partial charge in [0.2, 0.25) is 0 Å². The molecule has 0 saturated heterocycles. The highest BCUT2D eigenvalue weighted by Gasteiger charge is 2.04. The lowest BCUT2D eigenvalue weighted by Crippen LogP contribution is -2.05. The normalized spacial score (nSPS) is 10.4. The second kappa shape index (κ2) is 7.42. The molecule has 0 N–H and O–H groups in total. The molecule has 3 rings (SSSR count). The molecule has 23 heavy (non-hydrogen) atoms. The molecule has 0 fully saturated rings. The number of benzene rings is 2. The molecule has 0 spiro atoms. The van der Waals surface area contributed by atoms with Crippen LogP contribution in [-0.4, -0.2) is 9.55 Å². The maximum absolute atomic E-state index is 9.00. The molecule has 0 aliphatic carbocycles. The van der Waals surface area contributed by atoms with Gasteiger partial charge in [-0.15, -0.1) is 0 Å². The van der Waals surface area contributed by atoms with E-state index in [1.54, 1.807) is 0 Å². The Hall–Kier alpha value is -2.86. The summed E-state index contributed by atoms with van der Waals surface area (Å²) in [7, 11) is 0. The summed E-state index contributed by atoms with van der Waals surface area (Å²) in [5.74, 6) is 1.10. The number of aromatic nitrogens is 2. The monoisotopic (exact) mass is 301 g/mol. The summed E-state index contributed by atoms with van der Waals surface area (Å²) in [6.45, 7) is 0.760. The first-order valence-electron chi connectivity index (χ1n) is 7.88. The lowest BCUT2D eigenvalue weighted by Gasteiger charge is -2.08. The predicted molar refractivity (Wildman–Crippen MR) is 91.0 cm³/mol. The lowest BCUT2D eigenvalue weighted by atomic mass is 10.1. The second-order valence-electron chi connectivity index (χ2n) is 5.62. The molecule has 0 unspecified atom stereocenters. The minimum Gasteiger partial charge on any atom is -0.331 e. The van der Waals surface area contributed by atoms with Crippen molar-refractivity contribution in [2.75, 3.05) is 0 Å². The average molecular weight is 301 g/mol. The number of nitrogens with zero attached hydrogens (tertiary/aromatic N) is 3. The number of rotatable bonds is 6. The molecule has 3 aromatic rings. The second-order valence-corrected chi connectivity index (χ2v) is 5.62. The highest BCUT2D eigenvalue weighted by atomic mass is 15.1. The van der Waals surface area contributed by atoms with Crippen molar-refractivity contribution < 1.29 is 0 Å². The summed E-state index contributed by atoms with van der Waals surface area (Å²) in [4.78, 5) is 4.48. The van der Waals surface area contributed by atoms with Gasteiger partial charge in [-0.05, 0) is 36.1 Å². The molecule has 0 saturated carbocycles. The molecular formula is C20H19N3. The molecule has 0 aliphatic heterocycles. The first-order valence-corrected chi connectivity index (χ1v) is 7.88. The summed E-state index contributed by atoms with van der Waals surface area (Å²) >= 11 is 0. The van der Waals surface area contributed by atoms with Crippen LogP contribution >= 0.6 is 0 Å². The zero-order chi connectivity index (χ0) is 15.9. The largest absolute Gasteiger partial charge is 0.331 e. The van der Waals surface area contributed by atoms with Crippen LogP contribution in [0.2, 0.25) is 0 Å². The van der Waals surface area contributed by atoms with E-state index in [0.717, 1.165) is 37.2 Å². The summed E-state index contributed by atoms with van der Waals surface area (Å²) in [6, 6.07) is 20.5. The van der Waals surface area contributed by atoms with Crippen molar-refractivity contribution in [3.05, 3.63) is 89.5 Å². The first kappa shape index (κ1) is 15.1. The molecule has 0 radical (unpaired) electrons. The molecule has 0 atom stereocenters. The van der Waals surface area contributed by atoms with Gasteiger partial charge in [-0.25, -0.2) is 4.98 Å². The molecule has 0 amide bonds. The fourth-order valence-electron chi connectivity index (χ4n) is 2.74. The Kier molecular flexibility index (Phi) is 4.85. The van der Waals surface area contributed by atoms with Gasteiger partial charge in [0.25, 0.3) is 0 Å². The molecule has 114 valence electrons. The highest BCUT2D eigenvalue weighted by Crippen LogP contribution is 2.11. The van der Waals surface area contributed by atoms with Crippen LogP contribution in [0.5, 0.6) is 0 Å². The molecular weight excluding hydrogens is 282 g/mol. The molecule has 3 nitrogen and oxygen atoms in total. The topological polar surface area (TPSA) is 41.6 Å². The van der Waals surface area contributed by atoms with Gasteiger partial charge in [-0.3, -0.25) is 0 Å². The Morgan fingerprint density at radius 2 is 1.78 bits per heavy atom. The standard InChI is InChI=1S/C20H19N3/c21-15-18-9-4-10-19(14-18)16-23-13-12-22-20(23)11-5-8-17-6-2-1-3-7-17/h1-4,6-7,9-10,12-14H,5,8,11,16H2. The molecule has 0 bridgehead atoms. The van der Waals surface area contributed by atoms with Gasteiger partial charge in [0, 0.05) is 25.4 Å². The fraction of sp³-hybridized carbons (Fsp3) is 0.200. The molecule has 3 heteroatoms. The van der Waals surface area contributed by atoms with Crippen LogP contribution in [0.4, 0.5) is 0 Å². The summed E-state index contributed by atoms with van der Waals surface area (Å²) < 4.78 is 2.17. The number of hydrogen-bond donors (Lipinski definition) is 0. The number of aryl methyl sites for hydroxylation is 2. The Morgan fingerprint density at radius 3 is 2.61 bits per heavy atom. The minimum absolute atomic E-state index is 0.702. The van der Waals surface area contributed by atoms with E-state index in [-0.39, 0.29) is 0 Å².